The van der Waals surface area contributed by atoms with Gasteiger partial charge in [-0.1, -0.05) is 62.9 Å². The third kappa shape index (κ3) is 8.21. The van der Waals surface area contributed by atoms with Crippen molar-refractivity contribution in [2.45, 2.75) is 58.8 Å². The molecule has 106 valence electrons. The quantitative estimate of drug-likeness (QED) is 0.639. The average Bonchev–Trinajstić information content (AvgIpc) is 2.55. The maximum absolute atomic E-state index is 8.00. The third-order valence-electron chi connectivity index (χ3n) is 3.15. The van der Waals surface area contributed by atoms with E-state index in [1.807, 2.05) is 20.6 Å². The Morgan fingerprint density at radius 1 is 0.947 bits per heavy atom. The molecule has 0 bridgehead atoms. The van der Waals surface area contributed by atoms with Crippen LogP contribution in [0.4, 0.5) is 0 Å². The highest BCUT2D eigenvalue weighted by molar-refractivity contribution is 5.24. The van der Waals surface area contributed by atoms with Crippen molar-refractivity contribution in [2.24, 2.45) is 0 Å². The predicted molar refractivity (Wildman–Crippen MR) is 85.4 cm³/mol. The summed E-state index contributed by atoms with van der Waals surface area (Å²) in [5, 5.41) is 0. The molecule has 0 N–H and O–H groups in total. The Balaban J connectivity index is 0. The van der Waals surface area contributed by atoms with Gasteiger partial charge in [0.15, 0.2) is 0 Å². The number of benzene rings is 1. The molecule has 0 unspecified atom stereocenters. The molecule has 1 aromatic carbocycles. The first-order valence-corrected chi connectivity index (χ1v) is 7.05. The van der Waals surface area contributed by atoms with Crippen LogP contribution in [0.1, 0.15) is 63.0 Å². The van der Waals surface area contributed by atoms with E-state index in [4.69, 9.17) is 4.79 Å². The summed E-state index contributed by atoms with van der Waals surface area (Å²) in [6.45, 7) is 8.16. The molecular formula is C18H28O. The number of carbonyl (C=O) groups excluding carboxylic acids is 1. The molecule has 1 aliphatic carbocycles. The molecule has 0 saturated heterocycles. The Morgan fingerprint density at radius 3 is 1.79 bits per heavy atom. The molecule has 1 aliphatic rings. The Hall–Kier alpha value is -1.55. The van der Waals surface area contributed by atoms with Gasteiger partial charge in [-0.15, -0.1) is 12.8 Å². The molecule has 0 radical (unpaired) electrons. The monoisotopic (exact) mass is 260 g/mol. The lowest BCUT2D eigenvalue weighted by atomic mass is 9.84. The fourth-order valence-electron chi connectivity index (χ4n) is 2.27. The van der Waals surface area contributed by atoms with Gasteiger partial charge in [0.25, 0.3) is 0 Å². The average molecular weight is 260 g/mol. The van der Waals surface area contributed by atoms with Gasteiger partial charge >= 0.3 is 0 Å². The normalized spacial score (nSPS) is 13.5. The van der Waals surface area contributed by atoms with Crippen LogP contribution in [0.2, 0.25) is 0 Å². The van der Waals surface area contributed by atoms with Crippen LogP contribution in [-0.4, -0.2) is 6.79 Å². The lowest BCUT2D eigenvalue weighted by molar-refractivity contribution is -0.0979. The molecule has 1 nitrogen and oxygen atoms in total. The van der Waals surface area contributed by atoms with Crippen molar-refractivity contribution < 1.29 is 4.79 Å². The zero-order valence-corrected chi connectivity index (χ0v) is 12.7. The second-order valence-electron chi connectivity index (χ2n) is 4.25. The van der Waals surface area contributed by atoms with Gasteiger partial charge in [-0.2, -0.15) is 0 Å². The Bertz CT molecular complexity index is 304. The smallest absolute Gasteiger partial charge is 0.106 e. The van der Waals surface area contributed by atoms with Gasteiger partial charge in [-0.25, -0.2) is 0 Å². The van der Waals surface area contributed by atoms with Crippen molar-refractivity contribution in [1.29, 1.82) is 0 Å². The summed E-state index contributed by atoms with van der Waals surface area (Å²) in [6.07, 6.45) is 15.1. The van der Waals surface area contributed by atoms with Crippen molar-refractivity contribution in [1.82, 2.24) is 0 Å². The van der Waals surface area contributed by atoms with Crippen LogP contribution in [0.5, 0.6) is 0 Å². The standard InChI is InChI=1S/C13H18.C2H6.C2H2.CH2O/c1-11-7-9-13(10-8-11)12-5-3-2-4-6-12;3*1-2/h7-10,12H,2-6H2,1H3;1-2H3;1-2H;1H2. The first-order chi connectivity index (χ1) is 9.36. The maximum Gasteiger partial charge on any atom is 0.106 e. The minimum atomic E-state index is 0.856. The fraction of sp³-hybridized carbons (Fsp3) is 0.500. The van der Waals surface area contributed by atoms with Gasteiger partial charge in [0, 0.05) is 0 Å². The summed E-state index contributed by atoms with van der Waals surface area (Å²) < 4.78 is 0. The third-order valence-corrected chi connectivity index (χ3v) is 3.15. The topological polar surface area (TPSA) is 17.1 Å². The van der Waals surface area contributed by atoms with E-state index < -0.39 is 0 Å². The van der Waals surface area contributed by atoms with Gasteiger partial charge in [0.05, 0.1) is 0 Å². The van der Waals surface area contributed by atoms with E-state index in [1.165, 1.54) is 37.7 Å². The number of rotatable bonds is 1. The molecular weight excluding hydrogens is 232 g/mol. The fourth-order valence-corrected chi connectivity index (χ4v) is 2.27. The number of carbonyl (C=O) groups is 1. The number of hydrogen-bond acceptors (Lipinski definition) is 1. The molecule has 19 heavy (non-hydrogen) atoms. The van der Waals surface area contributed by atoms with Gasteiger partial charge in [-0.3, -0.25) is 0 Å². The summed E-state index contributed by atoms with van der Waals surface area (Å²) in [5.74, 6) is 0.856. The van der Waals surface area contributed by atoms with E-state index in [0.29, 0.717) is 0 Å². The van der Waals surface area contributed by atoms with E-state index in [2.05, 4.69) is 44.0 Å². The van der Waals surface area contributed by atoms with Crippen molar-refractivity contribution in [3.05, 3.63) is 35.4 Å². The van der Waals surface area contributed by atoms with Crippen LogP contribution in [0.25, 0.3) is 0 Å². The minimum absolute atomic E-state index is 0.856. The number of hydrogen-bond donors (Lipinski definition) is 0. The lowest BCUT2D eigenvalue weighted by Gasteiger charge is -2.21. The van der Waals surface area contributed by atoms with E-state index >= 15 is 0 Å². The Kier molecular flexibility index (Phi) is 15.1. The van der Waals surface area contributed by atoms with Crippen LogP contribution in [0, 0.1) is 19.8 Å². The van der Waals surface area contributed by atoms with E-state index in [-0.39, 0.29) is 0 Å². The summed E-state index contributed by atoms with van der Waals surface area (Å²) >= 11 is 0. The molecule has 0 heterocycles. The first-order valence-electron chi connectivity index (χ1n) is 7.05. The zero-order valence-electron chi connectivity index (χ0n) is 12.7. The Labute approximate surface area is 119 Å². The van der Waals surface area contributed by atoms with Crippen LogP contribution < -0.4 is 0 Å². The predicted octanol–water partition coefficient (Wildman–Crippen LogP) is 5.13. The summed E-state index contributed by atoms with van der Waals surface area (Å²) in [4.78, 5) is 8.00. The highest BCUT2D eigenvalue weighted by Gasteiger charge is 2.14. The van der Waals surface area contributed by atoms with Crippen molar-refractivity contribution in [2.75, 3.05) is 0 Å². The lowest BCUT2D eigenvalue weighted by Crippen LogP contribution is -2.04. The molecule has 1 aromatic rings. The van der Waals surface area contributed by atoms with Gasteiger partial charge in [-0.05, 0) is 31.2 Å². The Morgan fingerprint density at radius 2 is 1.37 bits per heavy atom. The molecule has 0 spiro atoms. The number of aryl methyl sites for hydroxylation is 1. The molecule has 0 amide bonds. The highest BCUT2D eigenvalue weighted by Crippen LogP contribution is 2.32. The second-order valence-corrected chi connectivity index (χ2v) is 4.25. The van der Waals surface area contributed by atoms with Crippen LogP contribution >= 0.6 is 0 Å². The first kappa shape index (κ1) is 19.8. The summed E-state index contributed by atoms with van der Waals surface area (Å²) in [6, 6.07) is 9.10. The van der Waals surface area contributed by atoms with E-state index in [9.17, 15) is 0 Å². The second kappa shape index (κ2) is 14.5. The SMILES string of the molecule is C#C.C=O.CC.Cc1ccc(C2CCCCC2)cc1. The molecule has 0 aromatic heterocycles. The summed E-state index contributed by atoms with van der Waals surface area (Å²) in [5.41, 5.74) is 2.94. The molecule has 0 atom stereocenters. The number of terminal acetylenes is 1. The van der Waals surface area contributed by atoms with Crippen LogP contribution in [0.15, 0.2) is 24.3 Å². The van der Waals surface area contributed by atoms with Crippen molar-refractivity contribution in [3.63, 3.8) is 0 Å². The van der Waals surface area contributed by atoms with Crippen molar-refractivity contribution >= 4 is 6.79 Å². The van der Waals surface area contributed by atoms with E-state index in [0.717, 1.165) is 5.92 Å². The van der Waals surface area contributed by atoms with Gasteiger partial charge < -0.3 is 4.79 Å². The molecule has 2 rings (SSSR count). The maximum atomic E-state index is 8.00. The van der Waals surface area contributed by atoms with E-state index in [1.54, 1.807) is 5.56 Å². The largest absolute Gasteiger partial charge is 0.307 e. The zero-order chi connectivity index (χ0) is 15.1. The van der Waals surface area contributed by atoms with Crippen LogP contribution in [-0.2, 0) is 4.79 Å². The molecule has 0 aliphatic heterocycles. The van der Waals surface area contributed by atoms with Gasteiger partial charge in [0.1, 0.15) is 6.79 Å². The molecule has 1 heteroatoms. The highest BCUT2D eigenvalue weighted by atomic mass is 16.1. The van der Waals surface area contributed by atoms with Gasteiger partial charge in [0.2, 0.25) is 0 Å². The molecule has 1 fully saturated rings. The minimum Gasteiger partial charge on any atom is -0.307 e. The van der Waals surface area contributed by atoms with Crippen molar-refractivity contribution in [3.8, 4) is 12.8 Å². The summed E-state index contributed by atoms with van der Waals surface area (Å²) in [7, 11) is 0. The van der Waals surface area contributed by atoms with Crippen LogP contribution in [0.3, 0.4) is 0 Å². The molecule has 1 saturated carbocycles.